The number of nitro groups is 1. The van der Waals surface area contributed by atoms with Crippen LogP contribution in [-0.4, -0.2) is 36.9 Å². The molecule has 0 saturated carbocycles. The summed E-state index contributed by atoms with van der Waals surface area (Å²) in [5, 5.41) is 13.3. The van der Waals surface area contributed by atoms with Crippen LogP contribution in [0.1, 0.15) is 0 Å². The second-order valence-corrected chi connectivity index (χ2v) is 5.81. The van der Waals surface area contributed by atoms with E-state index in [2.05, 4.69) is 15.7 Å². The summed E-state index contributed by atoms with van der Waals surface area (Å²) in [5.41, 5.74) is 2.00. The van der Waals surface area contributed by atoms with Gasteiger partial charge in [0.05, 0.1) is 22.8 Å². The van der Waals surface area contributed by atoms with Crippen LogP contribution in [0.15, 0.2) is 12.1 Å². The summed E-state index contributed by atoms with van der Waals surface area (Å²) in [6.07, 6.45) is 1.10. The molecule has 0 radical (unpaired) electrons. The van der Waals surface area contributed by atoms with Gasteiger partial charge in [0.15, 0.2) is 0 Å². The van der Waals surface area contributed by atoms with E-state index in [0.717, 1.165) is 6.26 Å². The van der Waals surface area contributed by atoms with E-state index in [-0.39, 0.29) is 29.6 Å². The Morgan fingerprint density at radius 2 is 2.06 bits per heavy atom. The van der Waals surface area contributed by atoms with Gasteiger partial charge in [0.25, 0.3) is 5.69 Å². The van der Waals surface area contributed by atoms with E-state index < -0.39 is 14.8 Å². The summed E-state index contributed by atoms with van der Waals surface area (Å²) in [7, 11) is -3.10. The highest BCUT2D eigenvalue weighted by molar-refractivity contribution is 7.90. The number of pyridine rings is 1. The zero-order chi connectivity index (χ0) is 13.8. The number of nitrogen functional groups attached to an aromatic ring is 1. The van der Waals surface area contributed by atoms with Gasteiger partial charge in [-0.3, -0.25) is 10.1 Å². The van der Waals surface area contributed by atoms with Gasteiger partial charge in [-0.25, -0.2) is 19.2 Å². The largest absolute Gasteiger partial charge is 0.369 e. The minimum atomic E-state index is -3.10. The summed E-state index contributed by atoms with van der Waals surface area (Å²) >= 11 is 0. The molecule has 18 heavy (non-hydrogen) atoms. The Morgan fingerprint density at radius 1 is 1.44 bits per heavy atom. The molecule has 0 saturated heterocycles. The molecular weight excluding hydrogens is 262 g/mol. The van der Waals surface area contributed by atoms with Gasteiger partial charge in [0.2, 0.25) is 0 Å². The summed E-state index contributed by atoms with van der Waals surface area (Å²) in [6.45, 7) is 0.108. The summed E-state index contributed by atoms with van der Waals surface area (Å²) in [5.74, 6) is 5.33. The molecule has 1 aromatic heterocycles. The van der Waals surface area contributed by atoms with Crippen molar-refractivity contribution in [1.29, 1.82) is 0 Å². The van der Waals surface area contributed by atoms with Crippen molar-refractivity contribution in [1.82, 2.24) is 4.98 Å². The topological polar surface area (TPSA) is 140 Å². The second-order valence-electron chi connectivity index (χ2n) is 3.55. The number of nitrogens with one attached hydrogen (secondary N) is 2. The molecule has 0 aliphatic heterocycles. The summed E-state index contributed by atoms with van der Waals surface area (Å²) in [6, 6.07) is 2.37. The number of nitrogens with zero attached hydrogens (tertiary/aromatic N) is 2. The maximum absolute atomic E-state index is 10.9. The van der Waals surface area contributed by atoms with Crippen molar-refractivity contribution >= 4 is 27.2 Å². The van der Waals surface area contributed by atoms with Crippen molar-refractivity contribution < 1.29 is 13.3 Å². The minimum Gasteiger partial charge on any atom is -0.369 e. The molecule has 0 atom stereocenters. The molecule has 4 N–H and O–H groups in total. The van der Waals surface area contributed by atoms with E-state index in [4.69, 9.17) is 5.84 Å². The van der Waals surface area contributed by atoms with Crippen LogP contribution < -0.4 is 16.6 Å². The van der Waals surface area contributed by atoms with Crippen molar-refractivity contribution in [2.45, 2.75) is 0 Å². The fraction of sp³-hybridized carbons (Fsp3) is 0.375. The fourth-order valence-electron chi connectivity index (χ4n) is 1.15. The predicted molar refractivity (Wildman–Crippen MR) is 66.9 cm³/mol. The lowest BCUT2D eigenvalue weighted by molar-refractivity contribution is -0.384. The Kier molecular flexibility index (Phi) is 4.39. The third kappa shape index (κ3) is 4.51. The average molecular weight is 275 g/mol. The van der Waals surface area contributed by atoms with E-state index in [1.807, 2.05) is 0 Å². The lowest BCUT2D eigenvalue weighted by Gasteiger charge is -2.06. The van der Waals surface area contributed by atoms with Gasteiger partial charge in [-0.1, -0.05) is 0 Å². The lowest BCUT2D eigenvalue weighted by atomic mass is 10.3. The molecule has 100 valence electrons. The molecule has 0 fully saturated rings. The Hall–Kier alpha value is -1.94. The van der Waals surface area contributed by atoms with Gasteiger partial charge in [-0.2, -0.15) is 0 Å². The van der Waals surface area contributed by atoms with Crippen molar-refractivity contribution in [2.75, 3.05) is 29.3 Å². The van der Waals surface area contributed by atoms with E-state index in [1.165, 1.54) is 12.1 Å². The Labute approximate surface area is 103 Å². The highest BCUT2D eigenvalue weighted by Gasteiger charge is 2.11. The van der Waals surface area contributed by atoms with Gasteiger partial charge >= 0.3 is 0 Å². The maximum atomic E-state index is 10.9. The number of anilines is 2. The highest BCUT2D eigenvalue weighted by atomic mass is 32.2. The average Bonchev–Trinajstić information content (AvgIpc) is 2.26. The van der Waals surface area contributed by atoms with Crippen molar-refractivity contribution in [3.63, 3.8) is 0 Å². The van der Waals surface area contributed by atoms with E-state index >= 15 is 0 Å². The molecule has 10 heteroatoms. The van der Waals surface area contributed by atoms with Crippen LogP contribution in [0, 0.1) is 10.1 Å². The molecule has 0 aromatic carbocycles. The number of rotatable bonds is 6. The highest BCUT2D eigenvalue weighted by Crippen LogP contribution is 2.19. The molecule has 0 aliphatic rings. The number of hydrazine groups is 1. The summed E-state index contributed by atoms with van der Waals surface area (Å²) in [4.78, 5) is 14.0. The molecular formula is C8H13N5O4S. The van der Waals surface area contributed by atoms with Gasteiger partial charge in [0.1, 0.15) is 21.5 Å². The molecule has 0 amide bonds. The normalized spacial score (nSPS) is 11.0. The van der Waals surface area contributed by atoms with Crippen molar-refractivity contribution in [3.05, 3.63) is 22.2 Å². The molecule has 1 aromatic rings. The van der Waals surface area contributed by atoms with E-state index in [1.54, 1.807) is 0 Å². The molecule has 9 nitrogen and oxygen atoms in total. The fourth-order valence-corrected chi connectivity index (χ4v) is 1.62. The predicted octanol–water partition coefficient (Wildman–Crippen LogP) is -0.268. The first-order valence-corrected chi connectivity index (χ1v) is 6.92. The Balaban J connectivity index is 2.82. The van der Waals surface area contributed by atoms with Crippen LogP contribution in [0.5, 0.6) is 0 Å². The van der Waals surface area contributed by atoms with Crippen LogP contribution >= 0.6 is 0 Å². The number of hydrogen-bond acceptors (Lipinski definition) is 8. The third-order valence-corrected chi connectivity index (χ3v) is 2.89. The van der Waals surface area contributed by atoms with Crippen LogP contribution in [-0.2, 0) is 9.84 Å². The van der Waals surface area contributed by atoms with Crippen LogP contribution in [0.3, 0.4) is 0 Å². The number of hydrogen-bond donors (Lipinski definition) is 3. The molecule has 1 rings (SSSR count). The van der Waals surface area contributed by atoms with Crippen molar-refractivity contribution in [3.8, 4) is 0 Å². The monoisotopic (exact) mass is 275 g/mol. The number of nitrogens with two attached hydrogens (primary N) is 1. The van der Waals surface area contributed by atoms with E-state index in [9.17, 15) is 18.5 Å². The number of aromatic nitrogens is 1. The third-order valence-electron chi connectivity index (χ3n) is 1.95. The molecule has 0 aliphatic carbocycles. The Morgan fingerprint density at radius 3 is 2.56 bits per heavy atom. The first-order chi connectivity index (χ1) is 8.31. The maximum Gasteiger partial charge on any atom is 0.276 e. The van der Waals surface area contributed by atoms with Crippen LogP contribution in [0.4, 0.5) is 17.3 Å². The Bertz CT molecular complexity index is 544. The smallest absolute Gasteiger partial charge is 0.276 e. The molecule has 0 unspecified atom stereocenters. The van der Waals surface area contributed by atoms with Gasteiger partial charge < -0.3 is 10.7 Å². The quantitative estimate of drug-likeness (QED) is 0.366. The minimum absolute atomic E-state index is 0.0945. The second kappa shape index (κ2) is 5.60. The van der Waals surface area contributed by atoms with Gasteiger partial charge in [-0.05, 0) is 0 Å². The first kappa shape index (κ1) is 14.1. The zero-order valence-electron chi connectivity index (χ0n) is 9.58. The van der Waals surface area contributed by atoms with E-state index in [0.29, 0.717) is 0 Å². The SMILES string of the molecule is CS(=O)(=O)CCNc1cc([N+](=O)[O-])cc(NN)n1. The van der Waals surface area contributed by atoms with Crippen molar-refractivity contribution in [2.24, 2.45) is 5.84 Å². The molecule has 0 spiro atoms. The standard InChI is InChI=1S/C8H13N5O4S/c1-18(16,17)3-2-10-7-4-6(13(14)15)5-8(11-7)12-9/h4-5H,2-3,9H2,1H3,(H2,10,11,12). The van der Waals surface area contributed by atoms with Crippen LogP contribution in [0.25, 0.3) is 0 Å². The van der Waals surface area contributed by atoms with Crippen LogP contribution in [0.2, 0.25) is 0 Å². The summed E-state index contributed by atoms with van der Waals surface area (Å²) < 4.78 is 21.8. The first-order valence-electron chi connectivity index (χ1n) is 4.86. The number of sulfone groups is 1. The zero-order valence-corrected chi connectivity index (χ0v) is 10.4. The lowest BCUT2D eigenvalue weighted by Crippen LogP contribution is -2.16. The molecule has 1 heterocycles. The van der Waals surface area contributed by atoms with Gasteiger partial charge in [0, 0.05) is 12.8 Å². The molecule has 0 bridgehead atoms. The van der Waals surface area contributed by atoms with Gasteiger partial charge in [-0.15, -0.1) is 0 Å².